The molecule has 2 amide bonds. The fraction of sp³-hybridized carbons (Fsp3) is 0.130. The van der Waals surface area contributed by atoms with Crippen molar-refractivity contribution >= 4 is 50.7 Å². The van der Waals surface area contributed by atoms with E-state index in [-0.39, 0.29) is 22.5 Å². The van der Waals surface area contributed by atoms with Crippen molar-refractivity contribution in [3.05, 3.63) is 87.2 Å². The maximum Gasteiger partial charge on any atom is 0.262 e. The average Bonchev–Trinajstić information content (AvgIpc) is 3.31. The van der Waals surface area contributed by atoms with Crippen LogP contribution in [0.15, 0.2) is 59.0 Å². The summed E-state index contributed by atoms with van der Waals surface area (Å²) >= 11 is 7.10. The van der Waals surface area contributed by atoms with Crippen LogP contribution in [0.1, 0.15) is 44.3 Å². The number of carbonyl (C=O) groups excluding carboxylic acids is 2. The fourth-order valence-electron chi connectivity index (χ4n) is 3.17. The zero-order chi connectivity index (χ0) is 22.1. The molecule has 8 heteroatoms. The lowest BCUT2D eigenvalue weighted by Gasteiger charge is -2.10. The van der Waals surface area contributed by atoms with Gasteiger partial charge in [-0.25, -0.2) is 4.39 Å². The lowest BCUT2D eigenvalue weighted by atomic mass is 10.2. The van der Waals surface area contributed by atoms with E-state index in [9.17, 15) is 14.0 Å². The number of nitrogens with one attached hydrogen (secondary N) is 2. The van der Waals surface area contributed by atoms with E-state index in [1.54, 1.807) is 13.0 Å². The van der Waals surface area contributed by atoms with Crippen molar-refractivity contribution in [1.82, 2.24) is 5.32 Å². The first-order chi connectivity index (χ1) is 14.8. The Bertz CT molecular complexity index is 1260. The second-order valence-corrected chi connectivity index (χ2v) is 8.54. The molecule has 2 N–H and O–H groups in total. The molecule has 0 fully saturated rings. The fourth-order valence-corrected chi connectivity index (χ4v) is 4.40. The Morgan fingerprint density at radius 2 is 1.87 bits per heavy atom. The van der Waals surface area contributed by atoms with Crippen LogP contribution in [0.3, 0.4) is 0 Å². The van der Waals surface area contributed by atoms with Gasteiger partial charge in [0.05, 0.1) is 26.5 Å². The summed E-state index contributed by atoms with van der Waals surface area (Å²) in [6.07, 6.45) is 0. The molecule has 0 aliphatic heterocycles. The van der Waals surface area contributed by atoms with Crippen LogP contribution in [0, 0.1) is 12.7 Å². The first kappa shape index (κ1) is 21.1. The number of hydrogen-bond acceptors (Lipinski definition) is 4. The SMILES string of the molecule is Cc1cc(NC(=O)c2ccc(F)cc2Cl)sc1C(=O)NC(C)c1cc2ccccc2o1. The Kier molecular flexibility index (Phi) is 5.80. The Hall–Kier alpha value is -3.16. The summed E-state index contributed by atoms with van der Waals surface area (Å²) in [5, 5.41) is 7.12. The number of carbonyl (C=O) groups is 2. The van der Waals surface area contributed by atoms with Crippen molar-refractivity contribution in [3.8, 4) is 0 Å². The number of para-hydroxylation sites is 1. The number of halogens is 2. The van der Waals surface area contributed by atoms with Gasteiger partial charge in [-0.15, -0.1) is 11.3 Å². The van der Waals surface area contributed by atoms with Crippen molar-refractivity contribution in [2.75, 3.05) is 5.32 Å². The molecule has 0 aliphatic rings. The van der Waals surface area contributed by atoms with Crippen LogP contribution in [-0.4, -0.2) is 11.8 Å². The summed E-state index contributed by atoms with van der Waals surface area (Å²) in [6.45, 7) is 3.63. The van der Waals surface area contributed by atoms with Crippen LogP contribution in [0.5, 0.6) is 0 Å². The van der Waals surface area contributed by atoms with E-state index < -0.39 is 11.7 Å². The first-order valence-corrected chi connectivity index (χ1v) is 10.7. The third kappa shape index (κ3) is 4.47. The standard InChI is InChI=1S/C23H18ClFN2O3S/c1-12-9-20(27-22(28)16-8-7-15(25)11-17(16)24)31-21(12)23(29)26-13(2)19-10-14-5-3-4-6-18(14)30-19/h3-11,13H,1-2H3,(H,26,29)(H,27,28). The van der Waals surface area contributed by atoms with Gasteiger partial charge < -0.3 is 15.1 Å². The Balaban J connectivity index is 1.47. The van der Waals surface area contributed by atoms with E-state index in [1.165, 1.54) is 12.1 Å². The Morgan fingerprint density at radius 3 is 2.61 bits per heavy atom. The van der Waals surface area contributed by atoms with E-state index in [0.717, 1.165) is 33.9 Å². The number of anilines is 1. The van der Waals surface area contributed by atoms with Gasteiger partial charge in [0.2, 0.25) is 0 Å². The first-order valence-electron chi connectivity index (χ1n) is 9.48. The van der Waals surface area contributed by atoms with Gasteiger partial charge in [-0.05, 0) is 55.8 Å². The molecule has 2 aromatic carbocycles. The number of hydrogen-bond donors (Lipinski definition) is 2. The minimum absolute atomic E-state index is 0.0170. The number of furan rings is 1. The second kappa shape index (κ2) is 8.53. The van der Waals surface area contributed by atoms with E-state index in [0.29, 0.717) is 15.6 Å². The van der Waals surface area contributed by atoms with Gasteiger partial charge in [0, 0.05) is 5.39 Å². The molecule has 0 aliphatic carbocycles. The average molecular weight is 457 g/mol. The summed E-state index contributed by atoms with van der Waals surface area (Å²) in [5.74, 6) is -0.612. The number of rotatable bonds is 5. The number of thiophene rings is 1. The maximum atomic E-state index is 13.2. The monoisotopic (exact) mass is 456 g/mol. The van der Waals surface area contributed by atoms with Crippen LogP contribution in [-0.2, 0) is 0 Å². The molecule has 0 saturated carbocycles. The molecule has 31 heavy (non-hydrogen) atoms. The predicted molar refractivity (Wildman–Crippen MR) is 121 cm³/mol. The minimum atomic E-state index is -0.522. The van der Waals surface area contributed by atoms with Gasteiger partial charge >= 0.3 is 0 Å². The Morgan fingerprint density at radius 1 is 1.10 bits per heavy atom. The van der Waals surface area contributed by atoms with Gasteiger partial charge in [-0.3, -0.25) is 9.59 Å². The topological polar surface area (TPSA) is 71.3 Å². The zero-order valence-corrected chi connectivity index (χ0v) is 18.2. The van der Waals surface area contributed by atoms with Gasteiger partial charge in [0.1, 0.15) is 17.2 Å². The molecule has 4 rings (SSSR count). The molecule has 0 bridgehead atoms. The maximum absolute atomic E-state index is 13.2. The summed E-state index contributed by atoms with van der Waals surface area (Å²) in [6, 6.07) is 14.5. The molecule has 2 aromatic heterocycles. The highest BCUT2D eigenvalue weighted by atomic mass is 35.5. The summed E-state index contributed by atoms with van der Waals surface area (Å²) in [7, 11) is 0. The number of benzene rings is 2. The predicted octanol–water partition coefficient (Wildman–Crippen LogP) is 6.34. The number of aryl methyl sites for hydroxylation is 1. The molecule has 5 nitrogen and oxygen atoms in total. The normalized spacial score (nSPS) is 12.0. The van der Waals surface area contributed by atoms with E-state index in [1.807, 2.05) is 37.3 Å². The van der Waals surface area contributed by atoms with E-state index in [2.05, 4.69) is 10.6 Å². The smallest absolute Gasteiger partial charge is 0.262 e. The number of amides is 2. The highest BCUT2D eigenvalue weighted by Gasteiger charge is 2.20. The molecule has 2 heterocycles. The van der Waals surface area contributed by atoms with Crippen LogP contribution < -0.4 is 10.6 Å². The lowest BCUT2D eigenvalue weighted by molar-refractivity contribution is 0.0938. The van der Waals surface area contributed by atoms with Crippen molar-refractivity contribution < 1.29 is 18.4 Å². The van der Waals surface area contributed by atoms with Crippen molar-refractivity contribution in [2.45, 2.75) is 19.9 Å². The quantitative estimate of drug-likeness (QED) is 0.368. The summed E-state index contributed by atoms with van der Waals surface area (Å²) in [4.78, 5) is 25.7. The van der Waals surface area contributed by atoms with Crippen LogP contribution >= 0.6 is 22.9 Å². The molecule has 158 valence electrons. The molecule has 1 unspecified atom stereocenters. The van der Waals surface area contributed by atoms with Crippen molar-refractivity contribution in [3.63, 3.8) is 0 Å². The van der Waals surface area contributed by atoms with Gasteiger partial charge in [0.15, 0.2) is 0 Å². The van der Waals surface area contributed by atoms with Gasteiger partial charge in [-0.1, -0.05) is 29.8 Å². The lowest BCUT2D eigenvalue weighted by Crippen LogP contribution is -2.26. The third-order valence-electron chi connectivity index (χ3n) is 4.76. The molecule has 0 radical (unpaired) electrons. The highest BCUT2D eigenvalue weighted by molar-refractivity contribution is 7.18. The molecule has 0 spiro atoms. The third-order valence-corrected chi connectivity index (χ3v) is 6.22. The van der Waals surface area contributed by atoms with Crippen LogP contribution in [0.25, 0.3) is 11.0 Å². The van der Waals surface area contributed by atoms with Gasteiger partial charge in [0.25, 0.3) is 11.8 Å². The van der Waals surface area contributed by atoms with Crippen molar-refractivity contribution in [1.29, 1.82) is 0 Å². The largest absolute Gasteiger partial charge is 0.459 e. The Labute approximate surface area is 186 Å². The molecular formula is C23H18ClFN2O3S. The van der Waals surface area contributed by atoms with E-state index >= 15 is 0 Å². The highest BCUT2D eigenvalue weighted by Crippen LogP contribution is 2.29. The minimum Gasteiger partial charge on any atom is -0.459 e. The second-order valence-electron chi connectivity index (χ2n) is 7.08. The van der Waals surface area contributed by atoms with Crippen LogP contribution in [0.2, 0.25) is 5.02 Å². The molecule has 1 atom stereocenters. The summed E-state index contributed by atoms with van der Waals surface area (Å²) in [5.41, 5.74) is 1.63. The van der Waals surface area contributed by atoms with Crippen molar-refractivity contribution in [2.24, 2.45) is 0 Å². The van der Waals surface area contributed by atoms with Gasteiger partial charge in [-0.2, -0.15) is 0 Å². The van der Waals surface area contributed by atoms with E-state index in [4.69, 9.17) is 16.0 Å². The summed E-state index contributed by atoms with van der Waals surface area (Å²) < 4.78 is 19.0. The van der Waals surface area contributed by atoms with Crippen LogP contribution in [0.4, 0.5) is 9.39 Å². The molecule has 0 saturated heterocycles. The molecule has 4 aromatic rings. The molecular weight excluding hydrogens is 439 g/mol. The zero-order valence-electron chi connectivity index (χ0n) is 16.7. The number of fused-ring (bicyclic) bond motifs is 1.